The van der Waals surface area contributed by atoms with Gasteiger partial charge in [0.2, 0.25) is 0 Å². The maximum atomic E-state index is 12.4. The largest absolute Gasteiger partial charge is 0.573 e. The van der Waals surface area contributed by atoms with Crippen LogP contribution >= 0.6 is 0 Å². The number of likely N-dealkylation sites (tertiary alicyclic amines) is 1. The fraction of sp³-hybridized carbons (Fsp3) is 0.571. The molecule has 1 atom stereocenters. The second kappa shape index (κ2) is 5.61. The summed E-state index contributed by atoms with van der Waals surface area (Å²) in [6, 6.07) is 5.84. The van der Waals surface area contributed by atoms with E-state index in [-0.39, 0.29) is 11.3 Å². The number of aliphatic hydroxyl groups is 1. The van der Waals surface area contributed by atoms with Crippen molar-refractivity contribution in [1.29, 1.82) is 0 Å². The van der Waals surface area contributed by atoms with Gasteiger partial charge in [0.25, 0.3) is 0 Å². The molecule has 1 aromatic carbocycles. The van der Waals surface area contributed by atoms with Crippen LogP contribution < -0.4 is 4.74 Å². The van der Waals surface area contributed by atoms with Crippen LogP contribution in [0.3, 0.4) is 0 Å². The Morgan fingerprint density at radius 1 is 1.20 bits per heavy atom. The van der Waals surface area contributed by atoms with Crippen molar-refractivity contribution >= 4 is 0 Å². The van der Waals surface area contributed by atoms with Crippen molar-refractivity contribution in [3.8, 4) is 5.75 Å². The van der Waals surface area contributed by atoms with Crippen LogP contribution in [0.4, 0.5) is 13.2 Å². The van der Waals surface area contributed by atoms with Crippen molar-refractivity contribution in [2.24, 2.45) is 0 Å². The first kappa shape index (κ1) is 15.1. The number of hydrogen-bond acceptors (Lipinski definition) is 3. The van der Waals surface area contributed by atoms with Crippen LogP contribution in [0.2, 0.25) is 0 Å². The molecule has 1 saturated heterocycles. The molecular weight excluding hydrogens is 271 g/mol. The minimum absolute atomic E-state index is 0.215. The van der Waals surface area contributed by atoms with Crippen molar-refractivity contribution in [2.45, 2.75) is 31.2 Å². The third-order valence-electron chi connectivity index (χ3n) is 3.65. The van der Waals surface area contributed by atoms with Crippen molar-refractivity contribution in [3.63, 3.8) is 0 Å². The lowest BCUT2D eigenvalue weighted by Crippen LogP contribution is -2.29. The molecule has 1 N–H and O–H groups in total. The molecule has 0 bridgehead atoms. The highest BCUT2D eigenvalue weighted by atomic mass is 19.4. The Hall–Kier alpha value is -1.27. The highest BCUT2D eigenvalue weighted by Gasteiger charge is 2.38. The van der Waals surface area contributed by atoms with E-state index in [9.17, 15) is 18.3 Å². The maximum Gasteiger partial charge on any atom is 0.573 e. The third-order valence-corrected chi connectivity index (χ3v) is 3.65. The molecule has 0 aliphatic carbocycles. The number of hydrogen-bond donors (Lipinski definition) is 1. The Bertz CT molecular complexity index is 464. The molecule has 1 unspecified atom stereocenters. The minimum Gasteiger partial charge on any atom is -0.405 e. The number of halogens is 3. The van der Waals surface area contributed by atoms with Crippen LogP contribution in [0.15, 0.2) is 24.3 Å². The zero-order valence-electron chi connectivity index (χ0n) is 11.3. The molecule has 0 saturated carbocycles. The molecule has 1 aliphatic heterocycles. The molecule has 1 heterocycles. The van der Waals surface area contributed by atoms with E-state index < -0.39 is 12.0 Å². The smallest absolute Gasteiger partial charge is 0.405 e. The first-order valence-electron chi connectivity index (χ1n) is 6.56. The Balaban J connectivity index is 2.31. The van der Waals surface area contributed by atoms with Gasteiger partial charge in [0, 0.05) is 12.1 Å². The summed E-state index contributed by atoms with van der Waals surface area (Å²) in [7, 11) is 1.93. The summed E-state index contributed by atoms with van der Waals surface area (Å²) in [5.74, 6) is -0.313. The number of alkyl halides is 3. The quantitative estimate of drug-likeness (QED) is 0.908. The fourth-order valence-electron chi connectivity index (χ4n) is 2.59. The molecule has 0 radical (unpaired) electrons. The van der Waals surface area contributed by atoms with Crippen LogP contribution in [0, 0.1) is 0 Å². The molecule has 1 aromatic rings. The van der Waals surface area contributed by atoms with Crippen LogP contribution in [-0.4, -0.2) is 36.5 Å². The van der Waals surface area contributed by atoms with Gasteiger partial charge in [0.1, 0.15) is 5.75 Å². The van der Waals surface area contributed by atoms with Crippen molar-refractivity contribution in [3.05, 3.63) is 29.8 Å². The molecule has 1 aliphatic rings. The second-order valence-electron chi connectivity index (χ2n) is 5.23. The zero-order chi connectivity index (χ0) is 14.8. The van der Waals surface area contributed by atoms with Gasteiger partial charge in [-0.1, -0.05) is 18.2 Å². The van der Waals surface area contributed by atoms with E-state index in [2.05, 4.69) is 9.64 Å². The fourth-order valence-corrected chi connectivity index (χ4v) is 2.59. The molecular formula is C14H18F3NO2. The average molecular weight is 289 g/mol. The Morgan fingerprint density at radius 2 is 1.90 bits per heavy atom. The van der Waals surface area contributed by atoms with E-state index in [1.54, 1.807) is 6.07 Å². The average Bonchev–Trinajstić information content (AvgIpc) is 2.51. The maximum absolute atomic E-state index is 12.4. The highest BCUT2D eigenvalue weighted by Crippen LogP contribution is 2.39. The summed E-state index contributed by atoms with van der Waals surface area (Å²) < 4.78 is 41.4. The summed E-state index contributed by atoms with van der Waals surface area (Å²) in [6.45, 7) is 1.46. The Morgan fingerprint density at radius 3 is 2.60 bits per heavy atom. The van der Waals surface area contributed by atoms with E-state index in [0.29, 0.717) is 19.4 Å². The molecule has 2 rings (SSSR count). The number of para-hydroxylation sites is 1. The lowest BCUT2D eigenvalue weighted by atomic mass is 9.86. The van der Waals surface area contributed by atoms with E-state index in [1.165, 1.54) is 18.2 Å². The van der Waals surface area contributed by atoms with Crippen LogP contribution in [0.1, 0.15) is 24.8 Å². The third kappa shape index (κ3) is 3.64. The van der Waals surface area contributed by atoms with Gasteiger partial charge < -0.3 is 14.7 Å². The van der Waals surface area contributed by atoms with Gasteiger partial charge in [-0.25, -0.2) is 0 Å². The summed E-state index contributed by atoms with van der Waals surface area (Å²) in [5, 5.41) is 10.7. The van der Waals surface area contributed by atoms with E-state index in [4.69, 9.17) is 0 Å². The number of benzene rings is 1. The van der Waals surface area contributed by atoms with Crippen LogP contribution in [0.5, 0.6) is 5.75 Å². The van der Waals surface area contributed by atoms with Crippen molar-refractivity contribution < 1.29 is 23.0 Å². The standard InChI is InChI=1S/C14H18F3NO2/c1-18-9-4-7-13(19,8-10-18)11-5-2-3-6-12(11)20-14(15,16)17/h2-3,5-6,19H,4,7-10H2,1H3. The Kier molecular flexibility index (Phi) is 4.25. The summed E-state index contributed by atoms with van der Waals surface area (Å²) in [6.07, 6.45) is -3.21. The predicted octanol–water partition coefficient (Wildman–Crippen LogP) is 2.89. The molecule has 1 fully saturated rings. The molecule has 3 nitrogen and oxygen atoms in total. The molecule has 0 amide bonds. The lowest BCUT2D eigenvalue weighted by Gasteiger charge is -2.29. The molecule has 0 aromatic heterocycles. The first-order valence-corrected chi connectivity index (χ1v) is 6.56. The molecule has 6 heteroatoms. The van der Waals surface area contributed by atoms with Gasteiger partial charge >= 0.3 is 6.36 Å². The SMILES string of the molecule is CN1CCCC(O)(c2ccccc2OC(F)(F)F)CC1. The summed E-state index contributed by atoms with van der Waals surface area (Å²) >= 11 is 0. The van der Waals surface area contributed by atoms with E-state index in [0.717, 1.165) is 13.0 Å². The predicted molar refractivity (Wildman–Crippen MR) is 68.4 cm³/mol. The monoisotopic (exact) mass is 289 g/mol. The van der Waals surface area contributed by atoms with Crippen LogP contribution in [0.25, 0.3) is 0 Å². The number of rotatable bonds is 2. The molecule has 0 spiro atoms. The summed E-state index contributed by atoms with van der Waals surface area (Å²) in [5.41, 5.74) is -1.06. The van der Waals surface area contributed by atoms with Gasteiger partial charge in [-0.3, -0.25) is 0 Å². The Labute approximate surface area is 116 Å². The van der Waals surface area contributed by atoms with Crippen LogP contribution in [-0.2, 0) is 5.60 Å². The van der Waals surface area contributed by atoms with Crippen molar-refractivity contribution in [2.75, 3.05) is 20.1 Å². The zero-order valence-corrected chi connectivity index (χ0v) is 11.3. The van der Waals surface area contributed by atoms with E-state index in [1.807, 2.05) is 7.05 Å². The molecule has 20 heavy (non-hydrogen) atoms. The molecule has 112 valence electrons. The highest BCUT2D eigenvalue weighted by molar-refractivity contribution is 5.38. The van der Waals surface area contributed by atoms with Gasteiger partial charge in [0.15, 0.2) is 0 Å². The van der Waals surface area contributed by atoms with E-state index >= 15 is 0 Å². The second-order valence-corrected chi connectivity index (χ2v) is 5.23. The summed E-state index contributed by atoms with van der Waals surface area (Å²) in [4.78, 5) is 2.06. The van der Waals surface area contributed by atoms with Gasteiger partial charge in [-0.05, 0) is 38.9 Å². The lowest BCUT2D eigenvalue weighted by molar-refractivity contribution is -0.275. The normalized spacial score (nSPS) is 25.2. The van der Waals surface area contributed by atoms with Gasteiger partial charge in [0.05, 0.1) is 5.60 Å². The van der Waals surface area contributed by atoms with Gasteiger partial charge in [-0.2, -0.15) is 0 Å². The number of ether oxygens (including phenoxy) is 1. The topological polar surface area (TPSA) is 32.7 Å². The van der Waals surface area contributed by atoms with Crippen molar-refractivity contribution in [1.82, 2.24) is 4.90 Å². The number of nitrogens with zero attached hydrogens (tertiary/aromatic N) is 1. The minimum atomic E-state index is -4.76. The van der Waals surface area contributed by atoms with Gasteiger partial charge in [-0.15, -0.1) is 13.2 Å². The first-order chi connectivity index (χ1) is 9.30.